The van der Waals surface area contributed by atoms with Crippen molar-refractivity contribution < 1.29 is 4.79 Å². The Labute approximate surface area is 186 Å². The second kappa shape index (κ2) is 9.49. The summed E-state index contributed by atoms with van der Waals surface area (Å²) in [4.78, 5) is 22.6. The normalized spacial score (nSPS) is 27.0. The Bertz CT molecular complexity index is 856. The van der Waals surface area contributed by atoms with Crippen LogP contribution in [0.5, 0.6) is 0 Å². The molecule has 1 saturated heterocycles. The largest absolute Gasteiger partial charge is 0.301 e. The van der Waals surface area contributed by atoms with Gasteiger partial charge in [0, 0.05) is 29.7 Å². The molecule has 1 aromatic carbocycles. The van der Waals surface area contributed by atoms with E-state index >= 15 is 0 Å². The van der Waals surface area contributed by atoms with Gasteiger partial charge in [-0.1, -0.05) is 37.2 Å². The Morgan fingerprint density at radius 3 is 2.60 bits per heavy atom. The fraction of sp³-hybridized carbons (Fsp3) is 0.520. The molecule has 0 radical (unpaired) electrons. The van der Waals surface area contributed by atoms with Gasteiger partial charge in [-0.3, -0.25) is 14.7 Å². The van der Waals surface area contributed by atoms with E-state index in [0.717, 1.165) is 36.6 Å². The summed E-state index contributed by atoms with van der Waals surface area (Å²) in [5, 5.41) is 0.685. The van der Waals surface area contributed by atoms with Gasteiger partial charge in [0.2, 0.25) is 0 Å². The molecule has 0 saturated carbocycles. The van der Waals surface area contributed by atoms with Crippen molar-refractivity contribution in [3.8, 4) is 0 Å². The van der Waals surface area contributed by atoms with Crippen LogP contribution >= 0.6 is 11.6 Å². The summed E-state index contributed by atoms with van der Waals surface area (Å²) in [5.41, 5.74) is 2.46. The summed E-state index contributed by atoms with van der Waals surface area (Å²) in [6.07, 6.45) is 3.07. The number of amidine groups is 1. The van der Waals surface area contributed by atoms with Crippen molar-refractivity contribution in [1.29, 1.82) is 0 Å². The first-order valence-electron chi connectivity index (χ1n) is 10.9. The molecule has 3 unspecified atom stereocenters. The van der Waals surface area contributed by atoms with Gasteiger partial charge in [0.15, 0.2) is 0 Å². The summed E-state index contributed by atoms with van der Waals surface area (Å²) in [7, 11) is 0. The second-order valence-electron chi connectivity index (χ2n) is 9.01. The number of hydrogen-bond acceptors (Lipinski definition) is 3. The van der Waals surface area contributed by atoms with Gasteiger partial charge in [0.05, 0.1) is 6.04 Å². The molecule has 5 heteroatoms. The summed E-state index contributed by atoms with van der Waals surface area (Å²) in [5.74, 6) is 1.91. The number of hydrogen-bond donors (Lipinski definition) is 0. The highest BCUT2D eigenvalue weighted by Crippen LogP contribution is 2.29. The second-order valence-corrected chi connectivity index (χ2v) is 9.45. The number of halogens is 1. The highest BCUT2D eigenvalue weighted by molar-refractivity contribution is 6.30. The van der Waals surface area contributed by atoms with Crippen molar-refractivity contribution in [2.24, 2.45) is 16.8 Å². The van der Waals surface area contributed by atoms with Crippen LogP contribution in [0, 0.1) is 11.8 Å². The Morgan fingerprint density at radius 2 is 1.97 bits per heavy atom. The molecule has 30 heavy (non-hydrogen) atoms. The third-order valence-corrected chi connectivity index (χ3v) is 6.80. The van der Waals surface area contributed by atoms with Gasteiger partial charge in [0.1, 0.15) is 5.84 Å². The molecule has 3 rings (SSSR count). The van der Waals surface area contributed by atoms with Crippen LogP contribution in [0.4, 0.5) is 0 Å². The Hall–Kier alpha value is -1.91. The van der Waals surface area contributed by atoms with E-state index in [9.17, 15) is 4.79 Å². The standard InChI is InChI=1S/C25H34ClN3O/c1-16(2)28-12-11-17(3)22(14-28)15-29-20(6)27-19(5)24(25(29)30)13-18(4)21-7-9-23(26)10-8-21/h7-10,13,16-17,19,22H,4,11-12,14-15H2,1-3,5-6H3. The molecule has 0 bridgehead atoms. The predicted molar refractivity (Wildman–Crippen MR) is 127 cm³/mol. The van der Waals surface area contributed by atoms with E-state index in [1.165, 1.54) is 6.42 Å². The SMILES string of the molecule is C=C(C=C1C(=O)N(CC2CN(C(C)C)CCC2C)C(C)=NC1C)c1ccc(Cl)cc1. The Kier molecular flexibility index (Phi) is 7.20. The molecule has 0 aromatic heterocycles. The number of aliphatic imine (C=N–C) groups is 1. The number of carbonyl (C=O) groups excluding carboxylic acids is 1. The molecule has 1 fully saturated rings. The molecule has 3 atom stereocenters. The van der Waals surface area contributed by atoms with Gasteiger partial charge < -0.3 is 4.90 Å². The minimum Gasteiger partial charge on any atom is -0.301 e. The van der Waals surface area contributed by atoms with Crippen LogP contribution in [0.25, 0.3) is 5.57 Å². The van der Waals surface area contributed by atoms with E-state index < -0.39 is 0 Å². The van der Waals surface area contributed by atoms with Crippen LogP contribution in [0.3, 0.4) is 0 Å². The van der Waals surface area contributed by atoms with E-state index in [0.29, 0.717) is 28.5 Å². The Balaban J connectivity index is 1.81. The first-order valence-corrected chi connectivity index (χ1v) is 11.3. The zero-order valence-corrected chi connectivity index (χ0v) is 19.6. The van der Waals surface area contributed by atoms with Crippen LogP contribution in [-0.4, -0.2) is 53.3 Å². The molecule has 1 amide bonds. The van der Waals surface area contributed by atoms with Crippen LogP contribution in [-0.2, 0) is 4.79 Å². The molecular formula is C25H34ClN3O. The van der Waals surface area contributed by atoms with Gasteiger partial charge in [-0.15, -0.1) is 0 Å². The topological polar surface area (TPSA) is 35.9 Å². The third kappa shape index (κ3) is 5.04. The van der Waals surface area contributed by atoms with Gasteiger partial charge in [-0.2, -0.15) is 0 Å². The number of benzene rings is 1. The number of likely N-dealkylation sites (tertiary alicyclic amines) is 1. The molecule has 2 aliphatic rings. The lowest BCUT2D eigenvalue weighted by Gasteiger charge is -2.42. The van der Waals surface area contributed by atoms with Gasteiger partial charge >= 0.3 is 0 Å². The zero-order valence-electron chi connectivity index (χ0n) is 18.9. The van der Waals surface area contributed by atoms with Crippen molar-refractivity contribution in [3.05, 3.63) is 53.1 Å². The maximum atomic E-state index is 13.5. The summed E-state index contributed by atoms with van der Waals surface area (Å²) in [6.45, 7) is 17.8. The third-order valence-electron chi connectivity index (χ3n) is 6.55. The predicted octanol–water partition coefficient (Wildman–Crippen LogP) is 5.30. The lowest BCUT2D eigenvalue weighted by Crippen LogP contribution is -2.51. The zero-order chi connectivity index (χ0) is 22.0. The van der Waals surface area contributed by atoms with Crippen molar-refractivity contribution in [2.75, 3.05) is 19.6 Å². The highest BCUT2D eigenvalue weighted by atomic mass is 35.5. The number of rotatable bonds is 5. The number of nitrogens with zero attached hydrogens (tertiary/aromatic N) is 3. The van der Waals surface area contributed by atoms with E-state index in [1.54, 1.807) is 0 Å². The maximum Gasteiger partial charge on any atom is 0.257 e. The van der Waals surface area contributed by atoms with E-state index in [-0.39, 0.29) is 11.9 Å². The molecule has 2 heterocycles. The minimum absolute atomic E-state index is 0.0546. The van der Waals surface area contributed by atoms with E-state index in [1.807, 2.05) is 49.1 Å². The maximum absolute atomic E-state index is 13.5. The minimum atomic E-state index is -0.172. The van der Waals surface area contributed by atoms with Gasteiger partial charge in [-0.05, 0) is 81.8 Å². The molecule has 1 aromatic rings. The van der Waals surface area contributed by atoms with Crippen molar-refractivity contribution in [2.45, 2.75) is 53.1 Å². The van der Waals surface area contributed by atoms with Gasteiger partial charge in [0.25, 0.3) is 5.91 Å². The van der Waals surface area contributed by atoms with Crippen LogP contribution in [0.2, 0.25) is 5.02 Å². The van der Waals surface area contributed by atoms with Crippen LogP contribution < -0.4 is 0 Å². The van der Waals surface area contributed by atoms with E-state index in [4.69, 9.17) is 16.6 Å². The van der Waals surface area contributed by atoms with Crippen LogP contribution in [0.1, 0.15) is 46.6 Å². The lowest BCUT2D eigenvalue weighted by atomic mass is 9.85. The van der Waals surface area contributed by atoms with Gasteiger partial charge in [-0.25, -0.2) is 0 Å². The molecule has 4 nitrogen and oxygen atoms in total. The lowest BCUT2D eigenvalue weighted by molar-refractivity contribution is -0.125. The smallest absolute Gasteiger partial charge is 0.257 e. The van der Waals surface area contributed by atoms with E-state index in [2.05, 4.69) is 32.3 Å². The van der Waals surface area contributed by atoms with Crippen LogP contribution in [0.15, 0.2) is 47.5 Å². The first-order chi connectivity index (χ1) is 14.2. The summed E-state index contributed by atoms with van der Waals surface area (Å²) >= 11 is 6.00. The van der Waals surface area contributed by atoms with Crippen molar-refractivity contribution in [3.63, 3.8) is 0 Å². The molecule has 162 valence electrons. The summed E-state index contributed by atoms with van der Waals surface area (Å²) < 4.78 is 0. The number of piperidine rings is 1. The molecule has 2 aliphatic heterocycles. The van der Waals surface area contributed by atoms with Crippen molar-refractivity contribution in [1.82, 2.24) is 9.80 Å². The molecular weight excluding hydrogens is 394 g/mol. The first kappa shape index (κ1) is 22.8. The Morgan fingerprint density at radius 1 is 1.30 bits per heavy atom. The molecule has 0 N–H and O–H groups in total. The fourth-order valence-corrected chi connectivity index (χ4v) is 4.48. The average Bonchev–Trinajstić information content (AvgIpc) is 2.69. The summed E-state index contributed by atoms with van der Waals surface area (Å²) in [6, 6.07) is 7.89. The quantitative estimate of drug-likeness (QED) is 0.598. The average molecular weight is 428 g/mol. The molecule has 0 spiro atoms. The molecule has 0 aliphatic carbocycles. The number of allylic oxidation sites excluding steroid dienone is 2. The highest BCUT2D eigenvalue weighted by Gasteiger charge is 2.35. The fourth-order valence-electron chi connectivity index (χ4n) is 4.35. The number of amides is 1. The van der Waals surface area contributed by atoms with Crippen molar-refractivity contribution >= 4 is 28.9 Å². The number of carbonyl (C=O) groups is 1. The monoisotopic (exact) mass is 427 g/mol.